The zero-order valence-electron chi connectivity index (χ0n) is 15.3. The molecule has 0 bridgehead atoms. The molecule has 0 N–H and O–H groups in total. The van der Waals surface area contributed by atoms with Gasteiger partial charge in [0.1, 0.15) is 11.5 Å². The molecule has 0 amide bonds. The Labute approximate surface area is 161 Å². The van der Waals surface area contributed by atoms with E-state index in [9.17, 15) is 25.0 Å². The standard InChI is InChI=1S/C19H20N2O7/c1-2-3-4-5-10-27-17-6-8-18(9-7-17)28-19(22)14-11-15(20(23)24)13-16(12-14)21(25)26/h6-9,11-13H,2-5,10H2,1H3. The van der Waals surface area contributed by atoms with E-state index < -0.39 is 27.2 Å². The van der Waals surface area contributed by atoms with Gasteiger partial charge in [-0.2, -0.15) is 0 Å². The summed E-state index contributed by atoms with van der Waals surface area (Å²) in [6.45, 7) is 2.73. The minimum Gasteiger partial charge on any atom is -0.494 e. The second-order valence-electron chi connectivity index (χ2n) is 6.02. The number of ether oxygens (including phenoxy) is 2. The molecule has 0 aliphatic carbocycles. The molecule has 0 aromatic heterocycles. The molecule has 0 saturated heterocycles. The van der Waals surface area contributed by atoms with Gasteiger partial charge in [0.25, 0.3) is 11.4 Å². The van der Waals surface area contributed by atoms with Crippen molar-refractivity contribution in [3.05, 3.63) is 68.3 Å². The highest BCUT2D eigenvalue weighted by atomic mass is 16.6. The van der Waals surface area contributed by atoms with Gasteiger partial charge in [-0.05, 0) is 30.7 Å². The molecule has 148 valence electrons. The van der Waals surface area contributed by atoms with Crippen molar-refractivity contribution in [1.82, 2.24) is 0 Å². The summed E-state index contributed by atoms with van der Waals surface area (Å²) in [5.74, 6) is -0.111. The van der Waals surface area contributed by atoms with Gasteiger partial charge >= 0.3 is 5.97 Å². The number of hydrogen-bond donors (Lipinski definition) is 0. The largest absolute Gasteiger partial charge is 0.494 e. The summed E-state index contributed by atoms with van der Waals surface area (Å²) in [4.78, 5) is 32.4. The fourth-order valence-electron chi connectivity index (χ4n) is 2.41. The molecule has 9 nitrogen and oxygen atoms in total. The first-order chi connectivity index (χ1) is 13.4. The van der Waals surface area contributed by atoms with E-state index in [2.05, 4.69) is 6.92 Å². The molecule has 0 fully saturated rings. The predicted molar refractivity (Wildman–Crippen MR) is 101 cm³/mol. The first kappa shape index (κ1) is 20.8. The van der Waals surface area contributed by atoms with E-state index in [0.29, 0.717) is 12.4 Å². The molecule has 0 aliphatic rings. The molecule has 2 aromatic rings. The van der Waals surface area contributed by atoms with Gasteiger partial charge in [-0.15, -0.1) is 0 Å². The summed E-state index contributed by atoms with van der Waals surface area (Å²) in [6.07, 6.45) is 4.36. The lowest BCUT2D eigenvalue weighted by Gasteiger charge is -2.08. The number of nitro benzene ring substituents is 2. The van der Waals surface area contributed by atoms with Crippen molar-refractivity contribution < 1.29 is 24.1 Å². The summed E-state index contributed by atoms with van der Waals surface area (Å²) in [6, 6.07) is 8.96. The van der Waals surface area contributed by atoms with Crippen molar-refractivity contribution in [3.63, 3.8) is 0 Å². The zero-order valence-corrected chi connectivity index (χ0v) is 15.3. The maximum Gasteiger partial charge on any atom is 0.344 e. The monoisotopic (exact) mass is 388 g/mol. The summed E-state index contributed by atoms with van der Waals surface area (Å²) in [5, 5.41) is 21.8. The molecule has 0 spiro atoms. The van der Waals surface area contributed by atoms with Gasteiger partial charge in [0.15, 0.2) is 0 Å². The maximum absolute atomic E-state index is 12.2. The van der Waals surface area contributed by atoms with Gasteiger partial charge in [-0.1, -0.05) is 26.2 Å². The van der Waals surface area contributed by atoms with E-state index in [4.69, 9.17) is 9.47 Å². The molecular formula is C19H20N2O7. The number of carbonyl (C=O) groups excluding carboxylic acids is 1. The number of carbonyl (C=O) groups is 1. The van der Waals surface area contributed by atoms with Crippen molar-refractivity contribution >= 4 is 17.3 Å². The number of benzene rings is 2. The summed E-state index contributed by atoms with van der Waals surface area (Å²) >= 11 is 0. The highest BCUT2D eigenvalue weighted by Gasteiger charge is 2.21. The molecular weight excluding hydrogens is 368 g/mol. The third kappa shape index (κ3) is 6.04. The fraction of sp³-hybridized carbons (Fsp3) is 0.316. The highest BCUT2D eigenvalue weighted by Crippen LogP contribution is 2.24. The van der Waals surface area contributed by atoms with Crippen molar-refractivity contribution in [2.75, 3.05) is 6.61 Å². The Morgan fingerprint density at radius 2 is 1.46 bits per heavy atom. The number of unbranched alkanes of at least 4 members (excludes halogenated alkanes) is 3. The lowest BCUT2D eigenvalue weighted by Crippen LogP contribution is -2.09. The van der Waals surface area contributed by atoms with Crippen LogP contribution < -0.4 is 9.47 Å². The van der Waals surface area contributed by atoms with Crippen LogP contribution in [-0.4, -0.2) is 22.4 Å². The lowest BCUT2D eigenvalue weighted by molar-refractivity contribution is -0.394. The summed E-state index contributed by atoms with van der Waals surface area (Å²) < 4.78 is 10.7. The van der Waals surface area contributed by atoms with Crippen LogP contribution in [0.15, 0.2) is 42.5 Å². The van der Waals surface area contributed by atoms with Crippen molar-refractivity contribution in [1.29, 1.82) is 0 Å². The van der Waals surface area contributed by atoms with Gasteiger partial charge in [-0.25, -0.2) is 4.79 Å². The number of non-ortho nitro benzene ring substituents is 2. The Morgan fingerprint density at radius 3 is 2.00 bits per heavy atom. The van der Waals surface area contributed by atoms with Gasteiger partial charge in [-0.3, -0.25) is 20.2 Å². The highest BCUT2D eigenvalue weighted by molar-refractivity contribution is 5.92. The molecule has 0 radical (unpaired) electrons. The topological polar surface area (TPSA) is 122 Å². The minimum absolute atomic E-state index is 0.192. The van der Waals surface area contributed by atoms with Crippen LogP contribution in [-0.2, 0) is 0 Å². The SMILES string of the molecule is CCCCCCOc1ccc(OC(=O)c2cc([N+](=O)[O-])cc([N+](=O)[O-])c2)cc1. The van der Waals surface area contributed by atoms with E-state index in [0.717, 1.165) is 43.9 Å². The number of esters is 1. The van der Waals surface area contributed by atoms with Crippen LogP contribution in [0.1, 0.15) is 43.0 Å². The maximum atomic E-state index is 12.2. The summed E-state index contributed by atoms with van der Waals surface area (Å²) in [5.41, 5.74) is -1.40. The fourth-order valence-corrected chi connectivity index (χ4v) is 2.41. The zero-order chi connectivity index (χ0) is 20.5. The normalized spacial score (nSPS) is 10.3. The molecule has 2 aromatic carbocycles. The van der Waals surface area contributed by atoms with Crippen LogP contribution in [0.5, 0.6) is 11.5 Å². The Hall–Kier alpha value is -3.49. The van der Waals surface area contributed by atoms with Crippen molar-refractivity contribution in [3.8, 4) is 11.5 Å². The Bertz CT molecular complexity index is 818. The van der Waals surface area contributed by atoms with Gasteiger partial charge in [0, 0.05) is 12.1 Å². The molecule has 9 heteroatoms. The van der Waals surface area contributed by atoms with Crippen LogP contribution >= 0.6 is 0 Å². The molecule has 0 heterocycles. The first-order valence-electron chi connectivity index (χ1n) is 8.79. The smallest absolute Gasteiger partial charge is 0.344 e. The molecule has 0 aliphatic heterocycles. The number of hydrogen-bond acceptors (Lipinski definition) is 7. The first-order valence-corrected chi connectivity index (χ1v) is 8.79. The molecule has 2 rings (SSSR count). The molecule has 0 saturated carbocycles. The molecule has 0 unspecified atom stereocenters. The van der Waals surface area contributed by atoms with E-state index in [-0.39, 0.29) is 11.3 Å². The molecule has 28 heavy (non-hydrogen) atoms. The number of rotatable bonds is 10. The van der Waals surface area contributed by atoms with Crippen LogP contribution in [0.2, 0.25) is 0 Å². The van der Waals surface area contributed by atoms with Crippen LogP contribution in [0.3, 0.4) is 0 Å². The Balaban J connectivity index is 2.02. The van der Waals surface area contributed by atoms with Gasteiger partial charge in [0.05, 0.1) is 28.1 Å². The van der Waals surface area contributed by atoms with E-state index in [1.54, 1.807) is 12.1 Å². The second-order valence-corrected chi connectivity index (χ2v) is 6.02. The van der Waals surface area contributed by atoms with Crippen LogP contribution in [0, 0.1) is 20.2 Å². The van der Waals surface area contributed by atoms with E-state index >= 15 is 0 Å². The third-order valence-electron chi connectivity index (χ3n) is 3.86. The van der Waals surface area contributed by atoms with Gasteiger partial charge in [0.2, 0.25) is 0 Å². The Morgan fingerprint density at radius 1 is 0.893 bits per heavy atom. The van der Waals surface area contributed by atoms with Crippen LogP contribution in [0.4, 0.5) is 11.4 Å². The van der Waals surface area contributed by atoms with Gasteiger partial charge < -0.3 is 9.47 Å². The Kier molecular flexibility index (Phi) is 7.44. The van der Waals surface area contributed by atoms with Crippen molar-refractivity contribution in [2.24, 2.45) is 0 Å². The average Bonchev–Trinajstić information content (AvgIpc) is 2.68. The number of nitrogens with zero attached hydrogens (tertiary/aromatic N) is 2. The predicted octanol–water partition coefficient (Wildman–Crippen LogP) is 4.68. The molecule has 0 atom stereocenters. The quantitative estimate of drug-likeness (QED) is 0.190. The average molecular weight is 388 g/mol. The lowest BCUT2D eigenvalue weighted by atomic mass is 10.2. The van der Waals surface area contributed by atoms with Crippen molar-refractivity contribution in [2.45, 2.75) is 32.6 Å². The summed E-state index contributed by atoms with van der Waals surface area (Å²) in [7, 11) is 0. The number of nitro groups is 2. The van der Waals surface area contributed by atoms with E-state index in [1.165, 1.54) is 12.1 Å². The van der Waals surface area contributed by atoms with Crippen LogP contribution in [0.25, 0.3) is 0 Å². The third-order valence-corrected chi connectivity index (χ3v) is 3.86. The second kappa shape index (κ2) is 10.0. The van der Waals surface area contributed by atoms with E-state index in [1.807, 2.05) is 0 Å². The minimum atomic E-state index is -0.931.